The molecular formula is C20H34F2N4O2. The Bertz CT molecular complexity index is 552. The van der Waals surface area contributed by atoms with E-state index in [2.05, 4.69) is 28.4 Å². The zero-order valence-corrected chi connectivity index (χ0v) is 16.6. The summed E-state index contributed by atoms with van der Waals surface area (Å²) in [6.45, 7) is 2.60. The minimum absolute atomic E-state index is 0.0155. The maximum absolute atomic E-state index is 13.0. The average Bonchev–Trinajstić information content (AvgIpc) is 3.35. The molecule has 4 rings (SSSR count). The van der Waals surface area contributed by atoms with E-state index in [9.17, 15) is 13.6 Å². The van der Waals surface area contributed by atoms with Crippen molar-refractivity contribution in [2.75, 3.05) is 6.54 Å². The molecule has 0 spiro atoms. The van der Waals surface area contributed by atoms with Crippen molar-refractivity contribution >= 4 is 5.91 Å². The number of piperidine rings is 1. The number of fused-ring (bicyclic) bond motifs is 1. The Kier molecular flexibility index (Phi) is 6.50. The van der Waals surface area contributed by atoms with Crippen LogP contribution in [0.25, 0.3) is 0 Å². The van der Waals surface area contributed by atoms with Gasteiger partial charge in [0.25, 0.3) is 6.43 Å². The van der Waals surface area contributed by atoms with Crippen LogP contribution in [0.4, 0.5) is 8.78 Å². The molecule has 4 N–H and O–H groups in total. The Labute approximate surface area is 165 Å². The molecule has 4 aliphatic rings. The molecule has 8 atom stereocenters. The topological polar surface area (TPSA) is 74.4 Å². The van der Waals surface area contributed by atoms with E-state index >= 15 is 0 Å². The Morgan fingerprint density at radius 3 is 2.71 bits per heavy atom. The van der Waals surface area contributed by atoms with E-state index in [1.807, 2.05) is 0 Å². The van der Waals surface area contributed by atoms with Crippen LogP contribution in [0.3, 0.4) is 0 Å². The number of carbonyl (C=O) groups excluding carboxylic acids is 1. The van der Waals surface area contributed by atoms with Crippen LogP contribution in [-0.4, -0.2) is 43.4 Å². The molecule has 2 heterocycles. The van der Waals surface area contributed by atoms with Gasteiger partial charge < -0.3 is 10.6 Å². The molecule has 8 heteroatoms. The fourth-order valence-corrected chi connectivity index (χ4v) is 5.81. The van der Waals surface area contributed by atoms with Crippen LogP contribution in [0.2, 0.25) is 0 Å². The fourth-order valence-electron chi connectivity index (χ4n) is 5.81. The molecule has 4 fully saturated rings. The lowest BCUT2D eigenvalue weighted by molar-refractivity contribution is -0.127. The average molecular weight is 401 g/mol. The summed E-state index contributed by atoms with van der Waals surface area (Å²) in [4.78, 5) is 18.3. The third-order valence-corrected chi connectivity index (χ3v) is 7.43. The van der Waals surface area contributed by atoms with E-state index in [4.69, 9.17) is 4.84 Å². The molecule has 0 aromatic carbocycles. The number of hydroxylamine groups is 1. The summed E-state index contributed by atoms with van der Waals surface area (Å²) < 4.78 is 26.0. The predicted molar refractivity (Wildman–Crippen MR) is 101 cm³/mol. The molecule has 2 aliphatic heterocycles. The third kappa shape index (κ3) is 4.35. The van der Waals surface area contributed by atoms with E-state index in [1.54, 1.807) is 0 Å². The van der Waals surface area contributed by atoms with Gasteiger partial charge >= 0.3 is 0 Å². The van der Waals surface area contributed by atoms with Gasteiger partial charge in [-0.3, -0.25) is 14.9 Å². The van der Waals surface area contributed by atoms with Crippen LogP contribution in [-0.2, 0) is 9.63 Å². The van der Waals surface area contributed by atoms with Crippen molar-refractivity contribution in [3.63, 3.8) is 0 Å². The zero-order chi connectivity index (χ0) is 19.7. The van der Waals surface area contributed by atoms with Gasteiger partial charge in [-0.1, -0.05) is 6.92 Å². The van der Waals surface area contributed by atoms with Gasteiger partial charge in [0, 0.05) is 12.0 Å². The third-order valence-electron chi connectivity index (χ3n) is 7.43. The summed E-state index contributed by atoms with van der Waals surface area (Å²) in [5.41, 5.74) is 3.16. The van der Waals surface area contributed by atoms with E-state index in [-0.39, 0.29) is 36.7 Å². The van der Waals surface area contributed by atoms with Crippen molar-refractivity contribution in [2.24, 2.45) is 23.7 Å². The SMILES string of the molecule is CCC1NC(C2CCC3C(CC[C@H]3NC(=O)C3CCNC(C(F)F)C3)C2)NO1. The number of halogens is 2. The molecule has 2 saturated carbocycles. The number of amides is 1. The summed E-state index contributed by atoms with van der Waals surface area (Å²) in [5.74, 6) is 1.42. The molecular weight excluding hydrogens is 366 g/mol. The van der Waals surface area contributed by atoms with E-state index < -0.39 is 12.5 Å². The Balaban J connectivity index is 1.27. The summed E-state index contributed by atoms with van der Waals surface area (Å²) in [5, 5.41) is 9.59. The van der Waals surface area contributed by atoms with Gasteiger partial charge in [0.05, 0.1) is 12.2 Å². The van der Waals surface area contributed by atoms with Gasteiger partial charge in [-0.15, -0.1) is 0 Å². The van der Waals surface area contributed by atoms with E-state index in [0.29, 0.717) is 30.7 Å². The molecule has 0 bridgehead atoms. The van der Waals surface area contributed by atoms with Gasteiger partial charge in [-0.25, -0.2) is 8.78 Å². The standard InChI is InChI=1S/C20H34F2N4O2/c1-2-17-25-19(26-28-17)12-3-5-14-11(9-12)4-6-15(14)24-20(27)13-7-8-23-16(10-13)18(21)22/h11-19,23,25-26H,2-10H2,1H3,(H,24,27)/t11?,12?,13?,14?,15-,16?,17?,19?/m1/s1. The summed E-state index contributed by atoms with van der Waals surface area (Å²) >= 11 is 0. The molecule has 6 nitrogen and oxygen atoms in total. The van der Waals surface area contributed by atoms with Crippen LogP contribution in [0.15, 0.2) is 0 Å². The van der Waals surface area contributed by atoms with Crippen LogP contribution < -0.4 is 21.4 Å². The number of hydrogen-bond donors (Lipinski definition) is 4. The normalized spacial score (nSPS) is 43.9. The number of hydrogen-bond acceptors (Lipinski definition) is 5. The number of rotatable bonds is 5. The predicted octanol–water partition coefficient (Wildman–Crippen LogP) is 2.12. The van der Waals surface area contributed by atoms with Crippen molar-refractivity contribution in [2.45, 2.75) is 89.2 Å². The molecule has 7 unspecified atom stereocenters. The quantitative estimate of drug-likeness (QED) is 0.569. The van der Waals surface area contributed by atoms with Gasteiger partial charge in [-0.05, 0) is 75.7 Å². The lowest BCUT2D eigenvalue weighted by Crippen LogP contribution is -2.50. The van der Waals surface area contributed by atoms with Gasteiger partial charge in [0.1, 0.15) is 6.23 Å². The van der Waals surface area contributed by atoms with Crippen molar-refractivity contribution in [3.05, 3.63) is 0 Å². The Morgan fingerprint density at radius 1 is 1.14 bits per heavy atom. The Hall–Kier alpha value is -0.830. The molecule has 2 saturated heterocycles. The summed E-state index contributed by atoms with van der Waals surface area (Å²) in [6, 6.07) is -0.640. The summed E-state index contributed by atoms with van der Waals surface area (Å²) in [6.07, 6.45) is 5.29. The van der Waals surface area contributed by atoms with Crippen molar-refractivity contribution < 1.29 is 18.4 Å². The maximum Gasteiger partial charge on any atom is 0.253 e. The summed E-state index contributed by atoms with van der Waals surface area (Å²) in [7, 11) is 0. The lowest BCUT2D eigenvalue weighted by Gasteiger charge is -2.37. The number of carbonyl (C=O) groups is 1. The number of alkyl halides is 2. The Morgan fingerprint density at radius 2 is 1.96 bits per heavy atom. The van der Waals surface area contributed by atoms with E-state index in [0.717, 1.165) is 38.5 Å². The molecule has 0 aromatic rings. The van der Waals surface area contributed by atoms with Crippen LogP contribution in [0.1, 0.15) is 58.3 Å². The molecule has 0 aromatic heterocycles. The first kappa shape index (κ1) is 20.4. The highest BCUT2D eigenvalue weighted by Gasteiger charge is 2.44. The first-order valence-electron chi connectivity index (χ1n) is 11.0. The van der Waals surface area contributed by atoms with Crippen LogP contribution in [0, 0.1) is 23.7 Å². The minimum atomic E-state index is -2.41. The monoisotopic (exact) mass is 400 g/mol. The van der Waals surface area contributed by atoms with Crippen molar-refractivity contribution in [1.29, 1.82) is 0 Å². The maximum atomic E-state index is 13.0. The first-order valence-corrected chi connectivity index (χ1v) is 11.0. The van der Waals surface area contributed by atoms with E-state index in [1.165, 1.54) is 0 Å². The highest BCUT2D eigenvalue weighted by molar-refractivity contribution is 5.79. The largest absolute Gasteiger partial charge is 0.353 e. The molecule has 0 radical (unpaired) electrons. The molecule has 160 valence electrons. The second kappa shape index (κ2) is 8.90. The van der Waals surface area contributed by atoms with Gasteiger partial charge in [-0.2, -0.15) is 5.48 Å². The minimum Gasteiger partial charge on any atom is -0.353 e. The highest BCUT2D eigenvalue weighted by Crippen LogP contribution is 2.45. The van der Waals surface area contributed by atoms with Crippen LogP contribution >= 0.6 is 0 Å². The molecule has 2 aliphatic carbocycles. The lowest BCUT2D eigenvalue weighted by atomic mass is 9.73. The second-order valence-electron chi connectivity index (χ2n) is 9.08. The van der Waals surface area contributed by atoms with Gasteiger partial charge in [0.15, 0.2) is 0 Å². The van der Waals surface area contributed by atoms with Crippen molar-refractivity contribution in [3.8, 4) is 0 Å². The number of nitrogens with one attached hydrogen (secondary N) is 4. The molecule has 1 amide bonds. The molecule has 28 heavy (non-hydrogen) atoms. The zero-order valence-electron chi connectivity index (χ0n) is 16.6. The van der Waals surface area contributed by atoms with Crippen LogP contribution in [0.5, 0.6) is 0 Å². The first-order chi connectivity index (χ1) is 13.5. The fraction of sp³-hybridized carbons (Fsp3) is 0.950. The van der Waals surface area contributed by atoms with Gasteiger partial charge in [0.2, 0.25) is 5.91 Å². The van der Waals surface area contributed by atoms with Crippen molar-refractivity contribution in [1.82, 2.24) is 21.4 Å². The smallest absolute Gasteiger partial charge is 0.253 e. The second-order valence-corrected chi connectivity index (χ2v) is 9.08. The highest BCUT2D eigenvalue weighted by atomic mass is 19.3.